The molecule has 1 fully saturated rings. The van der Waals surface area contributed by atoms with Crippen molar-refractivity contribution in [2.24, 2.45) is 5.92 Å². The molecule has 1 aliphatic rings. The van der Waals surface area contributed by atoms with Gasteiger partial charge >= 0.3 is 12.1 Å². The van der Waals surface area contributed by atoms with Crippen molar-refractivity contribution in [2.45, 2.75) is 39.0 Å². The molecule has 0 aliphatic carbocycles. The molecule has 0 aromatic rings. The number of amides is 1. The minimum atomic E-state index is -1.40. The first kappa shape index (κ1) is 13.7. The monoisotopic (exact) mass is 247 g/mol. The standard InChI is InChI=1S/C11H18FNO4/c1-11(2,3)17-10(16)13-5-7(6-13)8(12)4-9(14)15/h7-8H,4-6H2,1-3H3,(H,14,15). The Morgan fingerprint density at radius 3 is 2.41 bits per heavy atom. The van der Waals surface area contributed by atoms with E-state index in [4.69, 9.17) is 9.84 Å². The number of ether oxygens (including phenoxy) is 1. The van der Waals surface area contributed by atoms with E-state index in [0.717, 1.165) is 0 Å². The minimum absolute atomic E-state index is 0.226. The topological polar surface area (TPSA) is 66.8 Å². The van der Waals surface area contributed by atoms with Gasteiger partial charge in [0.15, 0.2) is 0 Å². The van der Waals surface area contributed by atoms with E-state index in [1.165, 1.54) is 4.90 Å². The molecule has 1 unspecified atom stereocenters. The van der Waals surface area contributed by atoms with Gasteiger partial charge in [-0.25, -0.2) is 9.18 Å². The van der Waals surface area contributed by atoms with Crippen molar-refractivity contribution in [3.05, 3.63) is 0 Å². The molecule has 98 valence electrons. The van der Waals surface area contributed by atoms with Gasteiger partial charge in [-0.3, -0.25) is 4.79 Å². The average molecular weight is 247 g/mol. The number of carbonyl (C=O) groups excluding carboxylic acids is 1. The predicted molar refractivity (Wildman–Crippen MR) is 58.4 cm³/mol. The first-order valence-corrected chi connectivity index (χ1v) is 5.53. The van der Waals surface area contributed by atoms with E-state index in [9.17, 15) is 14.0 Å². The third kappa shape index (κ3) is 4.20. The largest absolute Gasteiger partial charge is 0.481 e. The first-order valence-electron chi connectivity index (χ1n) is 5.53. The molecule has 1 amide bonds. The van der Waals surface area contributed by atoms with Crippen LogP contribution in [0.3, 0.4) is 0 Å². The molecular weight excluding hydrogens is 229 g/mol. The Hall–Kier alpha value is -1.33. The van der Waals surface area contributed by atoms with E-state index in [-0.39, 0.29) is 13.1 Å². The highest BCUT2D eigenvalue weighted by atomic mass is 19.1. The number of hydrogen-bond donors (Lipinski definition) is 1. The first-order chi connectivity index (χ1) is 7.69. The molecule has 0 aromatic carbocycles. The van der Waals surface area contributed by atoms with E-state index in [0.29, 0.717) is 0 Å². The fourth-order valence-electron chi connectivity index (χ4n) is 1.55. The molecule has 0 saturated carbocycles. The van der Waals surface area contributed by atoms with Crippen LogP contribution < -0.4 is 0 Å². The number of carboxylic acids is 1. The SMILES string of the molecule is CC(C)(C)OC(=O)N1CC(C(F)CC(=O)O)C1. The minimum Gasteiger partial charge on any atom is -0.481 e. The van der Waals surface area contributed by atoms with Gasteiger partial charge in [-0.1, -0.05) is 0 Å². The Morgan fingerprint density at radius 2 is 2.00 bits per heavy atom. The molecule has 1 heterocycles. The summed E-state index contributed by atoms with van der Waals surface area (Å²) in [5.41, 5.74) is -0.571. The summed E-state index contributed by atoms with van der Waals surface area (Å²) in [5, 5.41) is 8.44. The molecule has 1 aliphatic heterocycles. The van der Waals surface area contributed by atoms with Crippen LogP contribution in [0.15, 0.2) is 0 Å². The number of carboxylic acid groups (broad SMARTS) is 1. The summed E-state index contributed by atoms with van der Waals surface area (Å²) in [6, 6.07) is 0. The van der Waals surface area contributed by atoms with Crippen molar-refractivity contribution < 1.29 is 23.8 Å². The van der Waals surface area contributed by atoms with Crippen LogP contribution in [0.1, 0.15) is 27.2 Å². The average Bonchev–Trinajstić information content (AvgIpc) is 1.94. The lowest BCUT2D eigenvalue weighted by Crippen LogP contribution is -2.54. The molecule has 1 N–H and O–H groups in total. The molecule has 0 bridgehead atoms. The summed E-state index contributed by atoms with van der Waals surface area (Å²) in [7, 11) is 0. The van der Waals surface area contributed by atoms with Gasteiger partial charge in [0.1, 0.15) is 11.8 Å². The number of rotatable bonds is 3. The van der Waals surface area contributed by atoms with E-state index in [1.807, 2.05) is 0 Å². The second-order valence-corrected chi connectivity index (χ2v) is 5.26. The van der Waals surface area contributed by atoms with E-state index >= 15 is 0 Å². The van der Waals surface area contributed by atoms with E-state index in [1.54, 1.807) is 20.8 Å². The molecule has 0 aromatic heterocycles. The Morgan fingerprint density at radius 1 is 1.47 bits per heavy atom. The fraction of sp³-hybridized carbons (Fsp3) is 0.818. The second kappa shape index (κ2) is 4.89. The van der Waals surface area contributed by atoms with Crippen molar-refractivity contribution in [3.8, 4) is 0 Å². The number of carbonyl (C=O) groups is 2. The lowest BCUT2D eigenvalue weighted by molar-refractivity contribution is -0.139. The van der Waals surface area contributed by atoms with Crippen molar-refractivity contribution in [3.63, 3.8) is 0 Å². The summed E-state index contributed by atoms with van der Waals surface area (Å²) in [5.74, 6) is -1.55. The molecular formula is C11H18FNO4. The highest BCUT2D eigenvalue weighted by Crippen LogP contribution is 2.25. The zero-order chi connectivity index (χ0) is 13.2. The normalized spacial score (nSPS) is 18.5. The van der Waals surface area contributed by atoms with Crippen LogP contribution in [0.4, 0.5) is 9.18 Å². The van der Waals surface area contributed by atoms with Crippen LogP contribution in [0.5, 0.6) is 0 Å². The van der Waals surface area contributed by atoms with Gasteiger partial charge in [0, 0.05) is 19.0 Å². The third-order valence-electron chi connectivity index (χ3n) is 2.44. The molecule has 1 saturated heterocycles. The van der Waals surface area contributed by atoms with Crippen molar-refractivity contribution in [1.82, 2.24) is 4.90 Å². The van der Waals surface area contributed by atoms with Crippen LogP contribution >= 0.6 is 0 Å². The number of hydrogen-bond acceptors (Lipinski definition) is 3. The smallest absolute Gasteiger partial charge is 0.410 e. The molecule has 0 radical (unpaired) electrons. The maximum Gasteiger partial charge on any atom is 0.410 e. The maximum absolute atomic E-state index is 13.3. The number of halogens is 1. The van der Waals surface area contributed by atoms with Gasteiger partial charge in [-0.05, 0) is 20.8 Å². The van der Waals surface area contributed by atoms with Crippen molar-refractivity contribution in [1.29, 1.82) is 0 Å². The van der Waals surface area contributed by atoms with Crippen LogP contribution in [-0.2, 0) is 9.53 Å². The van der Waals surface area contributed by atoms with Gasteiger partial charge in [-0.15, -0.1) is 0 Å². The van der Waals surface area contributed by atoms with Crippen LogP contribution in [0.25, 0.3) is 0 Å². The quantitative estimate of drug-likeness (QED) is 0.823. The summed E-state index contributed by atoms with van der Waals surface area (Å²) in [6.45, 7) is 5.71. The summed E-state index contributed by atoms with van der Waals surface area (Å²) in [6.07, 6.45) is -2.38. The molecule has 1 atom stereocenters. The third-order valence-corrected chi connectivity index (χ3v) is 2.44. The predicted octanol–water partition coefficient (Wildman–Crippen LogP) is 1.67. The van der Waals surface area contributed by atoms with Crippen molar-refractivity contribution >= 4 is 12.1 Å². The van der Waals surface area contributed by atoms with Gasteiger partial charge < -0.3 is 14.7 Å². The highest BCUT2D eigenvalue weighted by molar-refractivity contribution is 5.70. The van der Waals surface area contributed by atoms with Gasteiger partial charge in [0.25, 0.3) is 0 Å². The number of nitrogens with zero attached hydrogens (tertiary/aromatic N) is 1. The molecule has 0 spiro atoms. The molecule has 6 heteroatoms. The van der Waals surface area contributed by atoms with E-state index in [2.05, 4.69) is 0 Å². The molecule has 17 heavy (non-hydrogen) atoms. The zero-order valence-corrected chi connectivity index (χ0v) is 10.3. The number of alkyl halides is 1. The zero-order valence-electron chi connectivity index (χ0n) is 10.3. The molecule has 1 rings (SSSR count). The van der Waals surface area contributed by atoms with Gasteiger partial charge in [0.2, 0.25) is 0 Å². The Bertz CT molecular complexity index is 307. The lowest BCUT2D eigenvalue weighted by atomic mass is 9.93. The fourth-order valence-corrected chi connectivity index (χ4v) is 1.55. The van der Waals surface area contributed by atoms with Gasteiger partial charge in [0.05, 0.1) is 6.42 Å². The number of aliphatic carboxylic acids is 1. The highest BCUT2D eigenvalue weighted by Gasteiger charge is 2.39. The summed E-state index contributed by atoms with van der Waals surface area (Å²) >= 11 is 0. The van der Waals surface area contributed by atoms with Crippen LogP contribution in [0, 0.1) is 5.92 Å². The molecule has 5 nitrogen and oxygen atoms in total. The van der Waals surface area contributed by atoms with Gasteiger partial charge in [-0.2, -0.15) is 0 Å². The number of likely N-dealkylation sites (tertiary alicyclic amines) is 1. The van der Waals surface area contributed by atoms with Crippen LogP contribution in [0.2, 0.25) is 0 Å². The van der Waals surface area contributed by atoms with Crippen molar-refractivity contribution in [2.75, 3.05) is 13.1 Å². The Labute approximate surface area is 99.5 Å². The lowest BCUT2D eigenvalue weighted by Gasteiger charge is -2.40. The summed E-state index contributed by atoms with van der Waals surface area (Å²) in [4.78, 5) is 23.2. The maximum atomic E-state index is 13.3. The Balaban J connectivity index is 2.31. The Kier molecular flexibility index (Phi) is 3.95. The van der Waals surface area contributed by atoms with Crippen LogP contribution in [-0.4, -0.2) is 46.9 Å². The van der Waals surface area contributed by atoms with E-state index < -0.39 is 36.2 Å². The summed E-state index contributed by atoms with van der Waals surface area (Å²) < 4.78 is 18.4. The second-order valence-electron chi connectivity index (χ2n) is 5.26.